The minimum absolute atomic E-state index is 0.154. The van der Waals surface area contributed by atoms with Gasteiger partial charge in [0.05, 0.1) is 4.92 Å². The SMILES string of the molecule is Cc1ccc([N+](=O)[O-])cc1NC1CCCSC1. The summed E-state index contributed by atoms with van der Waals surface area (Å²) in [6.07, 6.45) is 2.37. The molecule has 1 fully saturated rings. The molecule has 2 rings (SSSR count). The summed E-state index contributed by atoms with van der Waals surface area (Å²) >= 11 is 1.94. The Hall–Kier alpha value is -1.23. The van der Waals surface area contributed by atoms with E-state index in [9.17, 15) is 10.1 Å². The largest absolute Gasteiger partial charge is 0.381 e. The van der Waals surface area contributed by atoms with Crippen LogP contribution in [0.15, 0.2) is 18.2 Å². The molecule has 1 aliphatic heterocycles. The lowest BCUT2D eigenvalue weighted by Crippen LogP contribution is -2.26. The van der Waals surface area contributed by atoms with Crippen LogP contribution in [0.5, 0.6) is 0 Å². The van der Waals surface area contributed by atoms with E-state index in [2.05, 4.69) is 5.32 Å². The molecule has 0 bridgehead atoms. The van der Waals surface area contributed by atoms with Crippen LogP contribution >= 0.6 is 11.8 Å². The zero-order chi connectivity index (χ0) is 12.3. The Balaban J connectivity index is 2.13. The highest BCUT2D eigenvalue weighted by atomic mass is 32.2. The number of hydrogen-bond acceptors (Lipinski definition) is 4. The van der Waals surface area contributed by atoms with Crippen LogP contribution in [0.3, 0.4) is 0 Å². The lowest BCUT2D eigenvalue weighted by molar-refractivity contribution is -0.384. The van der Waals surface area contributed by atoms with Crippen molar-refractivity contribution in [2.45, 2.75) is 25.8 Å². The first-order valence-electron chi connectivity index (χ1n) is 5.76. The average molecular weight is 252 g/mol. The molecule has 0 spiro atoms. The maximum Gasteiger partial charge on any atom is 0.271 e. The summed E-state index contributed by atoms with van der Waals surface area (Å²) in [5, 5.41) is 14.1. The Labute approximate surface area is 105 Å². The second kappa shape index (κ2) is 5.40. The fourth-order valence-electron chi connectivity index (χ4n) is 1.95. The van der Waals surface area contributed by atoms with Crippen molar-refractivity contribution in [3.8, 4) is 0 Å². The van der Waals surface area contributed by atoms with Gasteiger partial charge in [0.1, 0.15) is 0 Å². The number of nitro groups is 1. The van der Waals surface area contributed by atoms with Crippen molar-refractivity contribution in [1.82, 2.24) is 0 Å². The van der Waals surface area contributed by atoms with Gasteiger partial charge in [0.15, 0.2) is 0 Å². The normalized spacial score (nSPS) is 19.9. The molecular weight excluding hydrogens is 236 g/mol. The van der Waals surface area contributed by atoms with Crippen molar-refractivity contribution >= 4 is 23.1 Å². The van der Waals surface area contributed by atoms with Gasteiger partial charge in [0, 0.05) is 29.6 Å². The van der Waals surface area contributed by atoms with Crippen LogP contribution in [0.4, 0.5) is 11.4 Å². The number of benzene rings is 1. The maximum absolute atomic E-state index is 10.7. The number of nitrogens with one attached hydrogen (secondary N) is 1. The lowest BCUT2D eigenvalue weighted by Gasteiger charge is -2.24. The number of aryl methyl sites for hydroxylation is 1. The molecule has 5 heteroatoms. The van der Waals surface area contributed by atoms with Crippen molar-refractivity contribution < 1.29 is 4.92 Å². The maximum atomic E-state index is 10.7. The summed E-state index contributed by atoms with van der Waals surface area (Å²) in [5.41, 5.74) is 2.11. The van der Waals surface area contributed by atoms with E-state index in [-0.39, 0.29) is 10.6 Å². The topological polar surface area (TPSA) is 55.2 Å². The van der Waals surface area contributed by atoms with Crippen LogP contribution in [-0.2, 0) is 0 Å². The molecule has 1 unspecified atom stereocenters. The molecule has 1 saturated heterocycles. The van der Waals surface area contributed by atoms with E-state index in [1.54, 1.807) is 18.2 Å². The summed E-state index contributed by atoms with van der Waals surface area (Å²) in [7, 11) is 0. The summed E-state index contributed by atoms with van der Waals surface area (Å²) < 4.78 is 0. The van der Waals surface area contributed by atoms with E-state index in [1.165, 1.54) is 12.2 Å². The van der Waals surface area contributed by atoms with Gasteiger partial charge in [-0.3, -0.25) is 10.1 Å². The van der Waals surface area contributed by atoms with Crippen LogP contribution in [0.2, 0.25) is 0 Å². The first-order chi connectivity index (χ1) is 8.16. The third-order valence-corrected chi connectivity index (χ3v) is 4.17. The van der Waals surface area contributed by atoms with Gasteiger partial charge < -0.3 is 5.32 Å². The number of non-ortho nitro benzene ring substituents is 1. The third-order valence-electron chi connectivity index (χ3n) is 2.95. The van der Waals surface area contributed by atoms with Crippen molar-refractivity contribution in [3.63, 3.8) is 0 Å². The van der Waals surface area contributed by atoms with E-state index in [0.29, 0.717) is 6.04 Å². The Morgan fingerprint density at radius 1 is 1.53 bits per heavy atom. The second-order valence-corrected chi connectivity index (χ2v) is 5.46. The molecule has 0 aliphatic carbocycles. The number of nitro benzene ring substituents is 1. The van der Waals surface area contributed by atoms with Crippen LogP contribution in [0, 0.1) is 17.0 Å². The fraction of sp³-hybridized carbons (Fsp3) is 0.500. The first kappa shape index (κ1) is 12.2. The second-order valence-electron chi connectivity index (χ2n) is 4.31. The van der Waals surface area contributed by atoms with Crippen molar-refractivity contribution in [2.24, 2.45) is 0 Å². The fourth-order valence-corrected chi connectivity index (χ4v) is 3.03. The average Bonchev–Trinajstić information content (AvgIpc) is 2.33. The van der Waals surface area contributed by atoms with Gasteiger partial charge in [0.25, 0.3) is 5.69 Å². The van der Waals surface area contributed by atoms with Crippen LogP contribution in [-0.4, -0.2) is 22.5 Å². The molecule has 92 valence electrons. The van der Waals surface area contributed by atoms with Gasteiger partial charge in [-0.25, -0.2) is 0 Å². The summed E-state index contributed by atoms with van der Waals surface area (Å²) in [4.78, 5) is 10.4. The van der Waals surface area contributed by atoms with Gasteiger partial charge in [-0.15, -0.1) is 0 Å². The number of nitrogens with zero attached hydrogens (tertiary/aromatic N) is 1. The molecule has 1 aromatic carbocycles. The predicted molar refractivity (Wildman–Crippen MR) is 71.8 cm³/mol. The van der Waals surface area contributed by atoms with Gasteiger partial charge in [0.2, 0.25) is 0 Å². The smallest absolute Gasteiger partial charge is 0.271 e. The molecular formula is C12H16N2O2S. The quantitative estimate of drug-likeness (QED) is 0.663. The van der Waals surface area contributed by atoms with Crippen LogP contribution < -0.4 is 5.32 Å². The van der Waals surface area contributed by atoms with E-state index < -0.39 is 0 Å². The molecule has 1 aromatic rings. The van der Waals surface area contributed by atoms with Crippen molar-refractivity contribution in [3.05, 3.63) is 33.9 Å². The standard InChI is InChI=1S/C12H16N2O2S/c1-9-4-5-11(14(15)16)7-12(9)13-10-3-2-6-17-8-10/h4-5,7,10,13H,2-3,6,8H2,1H3. The molecule has 0 amide bonds. The zero-order valence-corrected chi connectivity index (χ0v) is 10.6. The number of rotatable bonds is 3. The van der Waals surface area contributed by atoms with Gasteiger partial charge in [-0.2, -0.15) is 11.8 Å². The molecule has 0 radical (unpaired) electrons. The Morgan fingerprint density at radius 3 is 3.00 bits per heavy atom. The number of thioether (sulfide) groups is 1. The van der Waals surface area contributed by atoms with Crippen molar-refractivity contribution in [2.75, 3.05) is 16.8 Å². The van der Waals surface area contributed by atoms with E-state index in [0.717, 1.165) is 23.4 Å². The lowest BCUT2D eigenvalue weighted by atomic mass is 10.1. The number of hydrogen-bond donors (Lipinski definition) is 1. The summed E-state index contributed by atoms with van der Waals surface area (Å²) in [6.45, 7) is 1.97. The van der Waals surface area contributed by atoms with E-state index in [4.69, 9.17) is 0 Å². The molecule has 17 heavy (non-hydrogen) atoms. The Kier molecular flexibility index (Phi) is 3.89. The van der Waals surface area contributed by atoms with E-state index >= 15 is 0 Å². The van der Waals surface area contributed by atoms with Crippen LogP contribution in [0.25, 0.3) is 0 Å². The molecule has 1 atom stereocenters. The summed E-state index contributed by atoms with van der Waals surface area (Å²) in [6, 6.07) is 5.43. The minimum atomic E-state index is -0.347. The van der Waals surface area contributed by atoms with Crippen molar-refractivity contribution in [1.29, 1.82) is 0 Å². The predicted octanol–water partition coefficient (Wildman–Crippen LogP) is 3.21. The molecule has 1 aliphatic rings. The summed E-state index contributed by atoms with van der Waals surface area (Å²) in [5.74, 6) is 2.31. The molecule has 1 N–H and O–H groups in total. The van der Waals surface area contributed by atoms with E-state index in [1.807, 2.05) is 18.7 Å². The molecule has 0 saturated carbocycles. The molecule has 1 heterocycles. The minimum Gasteiger partial charge on any atom is -0.381 e. The van der Waals surface area contributed by atoms with Gasteiger partial charge in [-0.05, 0) is 31.1 Å². The molecule has 0 aromatic heterocycles. The highest BCUT2D eigenvalue weighted by Crippen LogP contribution is 2.26. The first-order valence-corrected chi connectivity index (χ1v) is 6.91. The monoisotopic (exact) mass is 252 g/mol. The van der Waals surface area contributed by atoms with Crippen LogP contribution in [0.1, 0.15) is 18.4 Å². The Bertz CT molecular complexity index is 417. The zero-order valence-electron chi connectivity index (χ0n) is 9.81. The number of anilines is 1. The Morgan fingerprint density at radius 2 is 2.35 bits per heavy atom. The highest BCUT2D eigenvalue weighted by Gasteiger charge is 2.15. The van der Waals surface area contributed by atoms with Gasteiger partial charge >= 0.3 is 0 Å². The van der Waals surface area contributed by atoms with Gasteiger partial charge in [-0.1, -0.05) is 6.07 Å². The highest BCUT2D eigenvalue weighted by molar-refractivity contribution is 7.99. The molecule has 4 nitrogen and oxygen atoms in total. The third kappa shape index (κ3) is 3.12.